The maximum atomic E-state index is 12.3. The summed E-state index contributed by atoms with van der Waals surface area (Å²) in [4.78, 5) is 0. The van der Waals surface area contributed by atoms with Gasteiger partial charge in [0.2, 0.25) is 0 Å². The molecular weight excluding hydrogens is 187 g/mol. The van der Waals surface area contributed by atoms with Gasteiger partial charge in [-0.2, -0.15) is 0 Å². The summed E-state index contributed by atoms with van der Waals surface area (Å²) in [6.07, 6.45) is 0. The molecule has 0 amide bonds. The molecular formula is C6H6ClFNOP. The average Bonchev–Trinajstić information content (AvgIpc) is 1.85. The van der Waals surface area contributed by atoms with E-state index in [1.807, 2.05) is 5.09 Å². The molecule has 1 rings (SSSR count). The van der Waals surface area contributed by atoms with Crippen molar-refractivity contribution in [2.75, 3.05) is 5.09 Å². The number of benzene rings is 1. The van der Waals surface area contributed by atoms with Crippen molar-refractivity contribution < 1.29 is 8.76 Å². The summed E-state index contributed by atoms with van der Waals surface area (Å²) in [5.41, 5.74) is 0.410. The quantitative estimate of drug-likeness (QED) is 0.730. The van der Waals surface area contributed by atoms with E-state index in [-0.39, 0.29) is 0 Å². The second-order valence-electron chi connectivity index (χ2n) is 1.94. The first-order valence-corrected chi connectivity index (χ1v) is 5.41. The van der Waals surface area contributed by atoms with Gasteiger partial charge in [-0.05, 0) is 12.1 Å². The van der Waals surface area contributed by atoms with Crippen molar-refractivity contribution in [3.63, 3.8) is 0 Å². The molecule has 2 nitrogen and oxygen atoms in total. The lowest BCUT2D eigenvalue weighted by Gasteiger charge is -2.03. The van der Waals surface area contributed by atoms with E-state index in [9.17, 15) is 8.76 Å². The van der Waals surface area contributed by atoms with Crippen LogP contribution in [0.15, 0.2) is 30.3 Å². The Kier molecular flexibility index (Phi) is 2.53. The van der Waals surface area contributed by atoms with Gasteiger partial charge >= 0.3 is 6.96 Å². The van der Waals surface area contributed by atoms with Gasteiger partial charge in [0.1, 0.15) is 0 Å². The Bertz CT molecular complexity index is 273. The monoisotopic (exact) mass is 193 g/mol. The van der Waals surface area contributed by atoms with Crippen LogP contribution in [0.3, 0.4) is 0 Å². The lowest BCUT2D eigenvalue weighted by molar-refractivity contribution is 0.559. The minimum atomic E-state index is -4.17. The molecule has 0 aliphatic heterocycles. The van der Waals surface area contributed by atoms with Crippen molar-refractivity contribution in [3.8, 4) is 0 Å². The van der Waals surface area contributed by atoms with Crippen molar-refractivity contribution >= 4 is 23.9 Å². The largest absolute Gasteiger partial charge is 0.421 e. The average molecular weight is 194 g/mol. The van der Waals surface area contributed by atoms with Gasteiger partial charge in [0.05, 0.1) is 0 Å². The van der Waals surface area contributed by atoms with Gasteiger partial charge in [0.25, 0.3) is 0 Å². The number of nitrogens with one attached hydrogen (secondary N) is 1. The number of hydrogen-bond donors (Lipinski definition) is 1. The molecule has 0 aromatic heterocycles. The SMILES string of the molecule is O=P(F)(Cl)Nc1ccccc1. The third-order valence-corrected chi connectivity index (χ3v) is 1.81. The first kappa shape index (κ1) is 8.57. The van der Waals surface area contributed by atoms with E-state index < -0.39 is 6.96 Å². The van der Waals surface area contributed by atoms with Crippen LogP contribution in [0.25, 0.3) is 0 Å². The minimum absolute atomic E-state index is 0.410. The summed E-state index contributed by atoms with van der Waals surface area (Å²) in [5, 5.41) is 2.04. The molecule has 1 atom stereocenters. The molecule has 1 N–H and O–H groups in total. The Morgan fingerprint density at radius 3 is 2.36 bits per heavy atom. The fraction of sp³-hybridized carbons (Fsp3) is 0. The normalized spacial score (nSPS) is 15.5. The molecule has 5 heteroatoms. The number of hydrogen-bond acceptors (Lipinski definition) is 1. The van der Waals surface area contributed by atoms with Crippen LogP contribution >= 0.6 is 18.2 Å². The van der Waals surface area contributed by atoms with E-state index in [1.165, 1.54) is 0 Å². The summed E-state index contributed by atoms with van der Waals surface area (Å²) in [6, 6.07) is 8.30. The van der Waals surface area contributed by atoms with E-state index in [0.29, 0.717) is 5.69 Å². The number of rotatable bonds is 2. The van der Waals surface area contributed by atoms with E-state index >= 15 is 0 Å². The Labute approximate surface area is 68.7 Å². The molecule has 11 heavy (non-hydrogen) atoms. The van der Waals surface area contributed by atoms with E-state index in [2.05, 4.69) is 0 Å². The van der Waals surface area contributed by atoms with Gasteiger partial charge in [-0.15, -0.1) is 4.20 Å². The summed E-state index contributed by atoms with van der Waals surface area (Å²) in [5.74, 6) is 0. The molecule has 1 aromatic carbocycles. The number of halogens is 2. The van der Waals surface area contributed by atoms with E-state index in [4.69, 9.17) is 11.2 Å². The van der Waals surface area contributed by atoms with Crippen LogP contribution in [-0.2, 0) is 4.57 Å². The molecule has 0 saturated carbocycles. The first-order chi connectivity index (χ1) is 5.08. The molecule has 0 spiro atoms. The maximum Gasteiger partial charge on any atom is 0.421 e. The minimum Gasteiger partial charge on any atom is -0.300 e. The van der Waals surface area contributed by atoms with Crippen molar-refractivity contribution in [2.45, 2.75) is 0 Å². The summed E-state index contributed by atoms with van der Waals surface area (Å²) < 4.78 is 22.7. The van der Waals surface area contributed by atoms with Gasteiger partial charge in [-0.3, -0.25) is 5.09 Å². The standard InChI is InChI=1S/C6H6ClFNOP/c7-11(8,10)9-6-4-2-1-3-5-6/h1-5H,(H,9,10). The van der Waals surface area contributed by atoms with Crippen LogP contribution in [-0.4, -0.2) is 0 Å². The molecule has 0 aliphatic carbocycles. The van der Waals surface area contributed by atoms with Gasteiger partial charge in [0, 0.05) is 16.9 Å². The number of anilines is 1. The zero-order valence-corrected chi connectivity index (χ0v) is 7.15. The molecule has 0 radical (unpaired) electrons. The van der Waals surface area contributed by atoms with Crippen molar-refractivity contribution in [1.82, 2.24) is 0 Å². The smallest absolute Gasteiger partial charge is 0.300 e. The molecule has 0 saturated heterocycles. The molecule has 0 bridgehead atoms. The Morgan fingerprint density at radius 1 is 1.36 bits per heavy atom. The highest BCUT2D eigenvalue weighted by atomic mass is 35.7. The third-order valence-electron chi connectivity index (χ3n) is 1.03. The Morgan fingerprint density at radius 2 is 1.91 bits per heavy atom. The fourth-order valence-corrected chi connectivity index (χ4v) is 1.41. The van der Waals surface area contributed by atoms with Gasteiger partial charge in [-0.1, -0.05) is 18.2 Å². The van der Waals surface area contributed by atoms with Crippen molar-refractivity contribution in [1.29, 1.82) is 0 Å². The predicted octanol–water partition coefficient (Wildman–Crippen LogP) is 3.41. The fourth-order valence-electron chi connectivity index (χ4n) is 0.663. The van der Waals surface area contributed by atoms with Gasteiger partial charge in [0.15, 0.2) is 0 Å². The van der Waals surface area contributed by atoms with E-state index in [0.717, 1.165) is 0 Å². The zero-order valence-electron chi connectivity index (χ0n) is 5.50. The van der Waals surface area contributed by atoms with Crippen LogP contribution < -0.4 is 5.09 Å². The second-order valence-corrected chi connectivity index (χ2v) is 4.39. The van der Waals surface area contributed by atoms with Crippen LogP contribution in [0.5, 0.6) is 0 Å². The first-order valence-electron chi connectivity index (χ1n) is 2.90. The highest BCUT2D eigenvalue weighted by Gasteiger charge is 2.14. The van der Waals surface area contributed by atoms with Crippen LogP contribution in [0.1, 0.15) is 0 Å². The number of para-hydroxylation sites is 1. The lowest BCUT2D eigenvalue weighted by Crippen LogP contribution is -1.85. The molecule has 60 valence electrons. The van der Waals surface area contributed by atoms with E-state index in [1.54, 1.807) is 30.3 Å². The van der Waals surface area contributed by atoms with Crippen LogP contribution in [0.2, 0.25) is 0 Å². The summed E-state index contributed by atoms with van der Waals surface area (Å²) in [7, 11) is 0. The van der Waals surface area contributed by atoms with Crippen molar-refractivity contribution in [3.05, 3.63) is 30.3 Å². The topological polar surface area (TPSA) is 29.1 Å². The van der Waals surface area contributed by atoms with Crippen molar-refractivity contribution in [2.24, 2.45) is 0 Å². The highest BCUT2D eigenvalue weighted by Crippen LogP contribution is 2.52. The maximum absolute atomic E-state index is 12.3. The Hall–Kier alpha value is -0.530. The lowest BCUT2D eigenvalue weighted by atomic mass is 10.3. The molecule has 0 aliphatic rings. The second kappa shape index (κ2) is 3.24. The third kappa shape index (κ3) is 3.40. The van der Waals surface area contributed by atoms with Gasteiger partial charge < -0.3 is 0 Å². The molecule has 1 aromatic rings. The molecule has 0 heterocycles. The van der Waals surface area contributed by atoms with Gasteiger partial charge in [-0.25, -0.2) is 4.57 Å². The summed E-state index contributed by atoms with van der Waals surface area (Å²) in [6.45, 7) is -4.17. The highest BCUT2D eigenvalue weighted by molar-refractivity contribution is 7.86. The predicted molar refractivity (Wildman–Crippen MR) is 44.6 cm³/mol. The zero-order chi connectivity index (χ0) is 8.32. The van der Waals surface area contributed by atoms with Crippen LogP contribution in [0.4, 0.5) is 9.88 Å². The summed E-state index contributed by atoms with van der Waals surface area (Å²) >= 11 is 4.85. The molecule has 1 unspecified atom stereocenters. The van der Waals surface area contributed by atoms with Crippen LogP contribution in [0, 0.1) is 0 Å². The molecule has 0 fully saturated rings. The Balaban J connectivity index is 2.74.